The standard InChI is InChI=1S/C13H23N5S/c1-3-13(6-4-5-7-13)9-15-10-8-11(18-14)17-12(16-10)19-2/h8H,3-7,9,14H2,1-2H3,(H2,15,16,17,18). The van der Waals surface area contributed by atoms with Gasteiger partial charge in [-0.2, -0.15) is 0 Å². The van der Waals surface area contributed by atoms with Gasteiger partial charge in [0.1, 0.15) is 11.6 Å². The third-order valence-electron chi connectivity index (χ3n) is 4.09. The first-order valence-electron chi connectivity index (χ1n) is 6.85. The van der Waals surface area contributed by atoms with Crippen molar-refractivity contribution < 1.29 is 0 Å². The molecule has 1 aliphatic rings. The molecule has 1 heterocycles. The third-order valence-corrected chi connectivity index (χ3v) is 4.64. The molecule has 2 rings (SSSR count). The molecule has 1 aliphatic carbocycles. The van der Waals surface area contributed by atoms with Gasteiger partial charge < -0.3 is 10.7 Å². The predicted molar refractivity (Wildman–Crippen MR) is 81.3 cm³/mol. The van der Waals surface area contributed by atoms with Crippen LogP contribution >= 0.6 is 11.8 Å². The van der Waals surface area contributed by atoms with E-state index in [1.807, 2.05) is 12.3 Å². The predicted octanol–water partition coefficient (Wildman–Crippen LogP) is 2.87. The monoisotopic (exact) mass is 281 g/mol. The van der Waals surface area contributed by atoms with E-state index in [2.05, 4.69) is 27.6 Å². The van der Waals surface area contributed by atoms with Gasteiger partial charge in [0.05, 0.1) is 0 Å². The van der Waals surface area contributed by atoms with Crippen LogP contribution in [0.1, 0.15) is 39.0 Å². The fourth-order valence-electron chi connectivity index (χ4n) is 2.74. The molecule has 0 aliphatic heterocycles. The van der Waals surface area contributed by atoms with Gasteiger partial charge in [0, 0.05) is 12.6 Å². The van der Waals surface area contributed by atoms with Gasteiger partial charge in [0.25, 0.3) is 0 Å². The Balaban J connectivity index is 2.06. The Kier molecular flexibility index (Phi) is 4.87. The Morgan fingerprint density at radius 3 is 2.58 bits per heavy atom. The van der Waals surface area contributed by atoms with Crippen LogP contribution in [-0.2, 0) is 0 Å². The highest BCUT2D eigenvalue weighted by atomic mass is 32.2. The molecular formula is C13H23N5S. The van der Waals surface area contributed by atoms with E-state index in [9.17, 15) is 0 Å². The molecule has 106 valence electrons. The van der Waals surface area contributed by atoms with Gasteiger partial charge in [0.15, 0.2) is 5.16 Å². The summed E-state index contributed by atoms with van der Waals surface area (Å²) in [4.78, 5) is 8.73. The van der Waals surface area contributed by atoms with Crippen molar-refractivity contribution in [3.8, 4) is 0 Å². The molecule has 1 saturated carbocycles. The molecule has 1 fully saturated rings. The van der Waals surface area contributed by atoms with Gasteiger partial charge in [-0.3, -0.25) is 0 Å². The van der Waals surface area contributed by atoms with E-state index in [0.29, 0.717) is 11.2 Å². The Hall–Kier alpha value is -1.01. The van der Waals surface area contributed by atoms with E-state index < -0.39 is 0 Å². The number of nitrogens with two attached hydrogens (primary N) is 1. The number of hydrogen-bond donors (Lipinski definition) is 3. The van der Waals surface area contributed by atoms with Crippen molar-refractivity contribution in [1.29, 1.82) is 0 Å². The van der Waals surface area contributed by atoms with Crippen molar-refractivity contribution in [2.45, 2.75) is 44.2 Å². The third kappa shape index (κ3) is 3.51. The van der Waals surface area contributed by atoms with Gasteiger partial charge in [0.2, 0.25) is 0 Å². The number of nitrogens with zero attached hydrogens (tertiary/aromatic N) is 2. The Morgan fingerprint density at radius 1 is 1.32 bits per heavy atom. The van der Waals surface area contributed by atoms with E-state index in [-0.39, 0.29) is 0 Å². The molecule has 1 aromatic rings. The minimum Gasteiger partial charge on any atom is -0.369 e. The zero-order valence-electron chi connectivity index (χ0n) is 11.7. The highest BCUT2D eigenvalue weighted by molar-refractivity contribution is 7.98. The van der Waals surface area contributed by atoms with Crippen molar-refractivity contribution in [2.75, 3.05) is 23.5 Å². The van der Waals surface area contributed by atoms with Crippen LogP contribution in [0.25, 0.3) is 0 Å². The Bertz CT molecular complexity index is 395. The van der Waals surface area contributed by atoms with Crippen LogP contribution < -0.4 is 16.6 Å². The largest absolute Gasteiger partial charge is 0.369 e. The summed E-state index contributed by atoms with van der Waals surface area (Å²) in [7, 11) is 0. The summed E-state index contributed by atoms with van der Waals surface area (Å²) in [6, 6.07) is 1.86. The van der Waals surface area contributed by atoms with Gasteiger partial charge in [-0.05, 0) is 30.9 Å². The summed E-state index contributed by atoms with van der Waals surface area (Å²) in [6.45, 7) is 3.27. The minimum atomic E-state index is 0.445. The molecule has 0 aromatic carbocycles. The van der Waals surface area contributed by atoms with Crippen molar-refractivity contribution in [3.05, 3.63) is 6.07 Å². The second-order valence-electron chi connectivity index (χ2n) is 5.18. The second-order valence-corrected chi connectivity index (χ2v) is 5.96. The Labute approximate surface area is 119 Å². The molecule has 0 atom stereocenters. The average Bonchev–Trinajstić information content (AvgIpc) is 2.94. The van der Waals surface area contributed by atoms with Crippen molar-refractivity contribution >= 4 is 23.4 Å². The molecule has 0 spiro atoms. The van der Waals surface area contributed by atoms with E-state index in [1.54, 1.807) is 0 Å². The van der Waals surface area contributed by atoms with Gasteiger partial charge in [-0.15, -0.1) is 0 Å². The van der Waals surface area contributed by atoms with Crippen molar-refractivity contribution in [3.63, 3.8) is 0 Å². The lowest BCUT2D eigenvalue weighted by Gasteiger charge is -2.28. The molecule has 0 saturated heterocycles. The number of anilines is 2. The van der Waals surface area contributed by atoms with Crippen LogP contribution in [0.15, 0.2) is 11.2 Å². The molecule has 6 heteroatoms. The lowest BCUT2D eigenvalue weighted by Crippen LogP contribution is -2.26. The van der Waals surface area contributed by atoms with Crippen LogP contribution in [0.3, 0.4) is 0 Å². The van der Waals surface area contributed by atoms with Crippen LogP contribution in [-0.4, -0.2) is 22.8 Å². The lowest BCUT2D eigenvalue weighted by molar-refractivity contribution is 0.306. The van der Waals surface area contributed by atoms with E-state index >= 15 is 0 Å². The number of hydrogen-bond acceptors (Lipinski definition) is 6. The Morgan fingerprint density at radius 2 is 2.00 bits per heavy atom. The summed E-state index contributed by atoms with van der Waals surface area (Å²) >= 11 is 1.52. The highest BCUT2D eigenvalue weighted by Crippen LogP contribution is 2.40. The van der Waals surface area contributed by atoms with Crippen LogP contribution in [0.4, 0.5) is 11.6 Å². The molecule has 0 bridgehead atoms. The van der Waals surface area contributed by atoms with Crippen LogP contribution in [0, 0.1) is 5.41 Å². The van der Waals surface area contributed by atoms with E-state index in [1.165, 1.54) is 43.9 Å². The highest BCUT2D eigenvalue weighted by Gasteiger charge is 2.31. The SMILES string of the molecule is CCC1(CNc2cc(NN)nc(SC)n2)CCCC1. The molecule has 4 N–H and O–H groups in total. The lowest BCUT2D eigenvalue weighted by atomic mass is 9.83. The number of thioether (sulfide) groups is 1. The van der Waals surface area contributed by atoms with Gasteiger partial charge in [-0.25, -0.2) is 15.8 Å². The smallest absolute Gasteiger partial charge is 0.191 e. The quantitative estimate of drug-likeness (QED) is 0.322. The van der Waals surface area contributed by atoms with Crippen LogP contribution in [0.2, 0.25) is 0 Å². The summed E-state index contributed by atoms with van der Waals surface area (Å²) in [5.41, 5.74) is 3.03. The van der Waals surface area contributed by atoms with E-state index in [0.717, 1.165) is 17.5 Å². The molecule has 0 radical (unpaired) electrons. The van der Waals surface area contributed by atoms with E-state index in [4.69, 9.17) is 5.84 Å². The first kappa shape index (κ1) is 14.4. The van der Waals surface area contributed by atoms with Crippen molar-refractivity contribution in [2.24, 2.45) is 11.3 Å². The number of rotatable bonds is 6. The topological polar surface area (TPSA) is 75.9 Å². The summed E-state index contributed by atoms with van der Waals surface area (Å²) in [5.74, 6) is 6.94. The summed E-state index contributed by atoms with van der Waals surface area (Å²) < 4.78 is 0. The summed E-state index contributed by atoms with van der Waals surface area (Å²) in [6.07, 6.45) is 8.53. The normalized spacial score (nSPS) is 17.4. The number of nitrogen functional groups attached to an aromatic ring is 1. The fraction of sp³-hybridized carbons (Fsp3) is 0.692. The molecule has 1 aromatic heterocycles. The maximum Gasteiger partial charge on any atom is 0.191 e. The van der Waals surface area contributed by atoms with Crippen LogP contribution in [0.5, 0.6) is 0 Å². The number of nitrogens with one attached hydrogen (secondary N) is 2. The van der Waals surface area contributed by atoms with Gasteiger partial charge in [-0.1, -0.05) is 31.5 Å². The summed E-state index contributed by atoms with van der Waals surface area (Å²) in [5, 5.41) is 4.20. The average molecular weight is 281 g/mol. The molecule has 19 heavy (non-hydrogen) atoms. The number of hydrazine groups is 1. The zero-order valence-corrected chi connectivity index (χ0v) is 12.5. The first-order chi connectivity index (χ1) is 9.21. The maximum atomic E-state index is 5.44. The molecular weight excluding hydrogens is 258 g/mol. The second kappa shape index (κ2) is 6.43. The number of aromatic nitrogens is 2. The molecule has 5 nitrogen and oxygen atoms in total. The first-order valence-corrected chi connectivity index (χ1v) is 8.07. The molecule has 0 unspecified atom stereocenters. The van der Waals surface area contributed by atoms with Gasteiger partial charge >= 0.3 is 0 Å². The van der Waals surface area contributed by atoms with Crippen molar-refractivity contribution in [1.82, 2.24) is 9.97 Å². The maximum absolute atomic E-state index is 5.44. The fourth-order valence-corrected chi connectivity index (χ4v) is 3.12. The zero-order chi connectivity index (χ0) is 13.7. The molecule has 0 amide bonds. The minimum absolute atomic E-state index is 0.445.